The van der Waals surface area contributed by atoms with Crippen LogP contribution in [0.4, 0.5) is 5.69 Å². The van der Waals surface area contributed by atoms with Gasteiger partial charge in [-0.2, -0.15) is 0 Å². The number of primary amides is 1. The molecule has 21 heavy (non-hydrogen) atoms. The molecular weight excluding hydrogens is 266 g/mol. The Morgan fingerprint density at radius 3 is 2.38 bits per heavy atom. The number of carbonyl (C=O) groups excluding carboxylic acids is 2. The molecule has 4 N–H and O–H groups in total. The number of hydrogen-bond acceptors (Lipinski definition) is 2. The van der Waals surface area contributed by atoms with Crippen LogP contribution < -0.4 is 16.0 Å². The molecule has 1 aromatic carbocycles. The molecule has 0 radical (unpaired) electrons. The number of quaternary nitrogens is 1. The van der Waals surface area contributed by atoms with E-state index in [1.165, 1.54) is 10.5 Å². The third-order valence-corrected chi connectivity index (χ3v) is 4.15. The maximum Gasteiger partial charge on any atom is 0.279 e. The van der Waals surface area contributed by atoms with Gasteiger partial charge in [-0.3, -0.25) is 9.59 Å². The van der Waals surface area contributed by atoms with Gasteiger partial charge in [0, 0.05) is 24.4 Å². The van der Waals surface area contributed by atoms with Crippen molar-refractivity contribution in [2.24, 2.45) is 11.7 Å². The van der Waals surface area contributed by atoms with Gasteiger partial charge in [0.2, 0.25) is 5.91 Å². The lowest BCUT2D eigenvalue weighted by atomic mass is 9.96. The van der Waals surface area contributed by atoms with Crippen LogP contribution in [0.15, 0.2) is 24.3 Å². The van der Waals surface area contributed by atoms with Gasteiger partial charge in [0.15, 0.2) is 6.54 Å². The highest BCUT2D eigenvalue weighted by molar-refractivity contribution is 5.91. The van der Waals surface area contributed by atoms with Crippen LogP contribution in [0.25, 0.3) is 0 Å². The van der Waals surface area contributed by atoms with Crippen LogP contribution in [0.3, 0.4) is 0 Å². The molecule has 0 unspecified atom stereocenters. The molecule has 0 bridgehead atoms. The van der Waals surface area contributed by atoms with Crippen LogP contribution >= 0.6 is 0 Å². The van der Waals surface area contributed by atoms with Crippen LogP contribution in [0.1, 0.15) is 25.3 Å². The van der Waals surface area contributed by atoms with Gasteiger partial charge in [0.1, 0.15) is 0 Å². The molecule has 5 heteroatoms. The van der Waals surface area contributed by atoms with Gasteiger partial charge in [-0.25, -0.2) is 0 Å². The largest absolute Gasteiger partial charge is 0.369 e. The molecule has 5 nitrogen and oxygen atoms in total. The maximum absolute atomic E-state index is 12.0. The topological polar surface area (TPSA) is 76.6 Å². The maximum atomic E-state index is 12.0. The molecule has 0 aliphatic carbocycles. The Kier molecular flexibility index (Phi) is 5.33. The minimum Gasteiger partial charge on any atom is -0.369 e. The number of nitrogens with two attached hydrogens (primary N) is 1. The van der Waals surface area contributed by atoms with E-state index in [0.29, 0.717) is 6.54 Å². The zero-order valence-corrected chi connectivity index (χ0v) is 12.5. The molecule has 1 aliphatic rings. The van der Waals surface area contributed by atoms with Crippen molar-refractivity contribution in [3.8, 4) is 0 Å². The van der Waals surface area contributed by atoms with Crippen LogP contribution in [0, 0.1) is 5.92 Å². The summed E-state index contributed by atoms with van der Waals surface area (Å²) in [7, 11) is 0. The summed E-state index contributed by atoms with van der Waals surface area (Å²) in [4.78, 5) is 24.4. The number of aryl methyl sites for hydroxylation is 1. The van der Waals surface area contributed by atoms with E-state index in [4.69, 9.17) is 5.73 Å². The Balaban J connectivity index is 1.78. The molecule has 2 rings (SSSR count). The summed E-state index contributed by atoms with van der Waals surface area (Å²) in [6.45, 7) is 4.21. The Morgan fingerprint density at radius 2 is 1.86 bits per heavy atom. The van der Waals surface area contributed by atoms with Crippen LogP contribution in [0.2, 0.25) is 0 Å². The van der Waals surface area contributed by atoms with Gasteiger partial charge >= 0.3 is 0 Å². The van der Waals surface area contributed by atoms with Crippen molar-refractivity contribution < 1.29 is 14.5 Å². The van der Waals surface area contributed by atoms with Crippen LogP contribution in [-0.4, -0.2) is 31.4 Å². The summed E-state index contributed by atoms with van der Waals surface area (Å²) in [5, 5.41) is 2.92. The first-order valence-corrected chi connectivity index (χ1v) is 7.60. The first kappa shape index (κ1) is 15.5. The smallest absolute Gasteiger partial charge is 0.279 e. The third kappa shape index (κ3) is 4.56. The molecule has 0 spiro atoms. The fraction of sp³-hybridized carbons (Fsp3) is 0.500. The van der Waals surface area contributed by atoms with Crippen molar-refractivity contribution in [3.63, 3.8) is 0 Å². The van der Waals surface area contributed by atoms with Crippen molar-refractivity contribution in [3.05, 3.63) is 29.8 Å². The molecule has 1 saturated heterocycles. The number of nitrogens with one attached hydrogen (secondary N) is 2. The molecular formula is C16H24N3O2+. The molecule has 2 amide bonds. The van der Waals surface area contributed by atoms with E-state index in [-0.39, 0.29) is 17.7 Å². The Hall–Kier alpha value is -1.88. The highest BCUT2D eigenvalue weighted by Crippen LogP contribution is 2.10. The average molecular weight is 290 g/mol. The lowest BCUT2D eigenvalue weighted by molar-refractivity contribution is -0.897. The average Bonchev–Trinajstić information content (AvgIpc) is 2.48. The Bertz CT molecular complexity index is 491. The van der Waals surface area contributed by atoms with Crippen molar-refractivity contribution in [2.75, 3.05) is 25.0 Å². The summed E-state index contributed by atoms with van der Waals surface area (Å²) in [6, 6.07) is 7.93. The minimum atomic E-state index is -0.213. The Morgan fingerprint density at radius 1 is 1.24 bits per heavy atom. The van der Waals surface area contributed by atoms with E-state index in [1.807, 2.05) is 24.3 Å². The second-order valence-corrected chi connectivity index (χ2v) is 5.70. The van der Waals surface area contributed by atoms with Gasteiger partial charge in [-0.15, -0.1) is 0 Å². The van der Waals surface area contributed by atoms with Gasteiger partial charge in [-0.1, -0.05) is 19.1 Å². The van der Waals surface area contributed by atoms with Crippen molar-refractivity contribution in [2.45, 2.75) is 26.2 Å². The summed E-state index contributed by atoms with van der Waals surface area (Å²) in [6.07, 6.45) is 2.56. The van der Waals surface area contributed by atoms with Crippen molar-refractivity contribution >= 4 is 17.5 Å². The quantitative estimate of drug-likeness (QED) is 0.712. The molecule has 1 aromatic rings. The fourth-order valence-electron chi connectivity index (χ4n) is 2.74. The fourth-order valence-corrected chi connectivity index (χ4v) is 2.74. The van der Waals surface area contributed by atoms with E-state index in [9.17, 15) is 9.59 Å². The van der Waals surface area contributed by atoms with Crippen molar-refractivity contribution in [1.29, 1.82) is 0 Å². The molecule has 1 heterocycles. The monoisotopic (exact) mass is 290 g/mol. The van der Waals surface area contributed by atoms with Crippen molar-refractivity contribution in [1.82, 2.24) is 0 Å². The molecule has 0 aromatic heterocycles. The zero-order valence-electron chi connectivity index (χ0n) is 12.5. The minimum absolute atomic E-state index is 0.0154. The zero-order chi connectivity index (χ0) is 15.2. The predicted octanol–water partition coefficient (Wildman–Crippen LogP) is -0.0323. The van der Waals surface area contributed by atoms with Gasteiger partial charge < -0.3 is 16.0 Å². The molecule has 114 valence electrons. The van der Waals surface area contributed by atoms with Gasteiger partial charge in [-0.05, 0) is 24.1 Å². The number of piperidine rings is 1. The first-order valence-electron chi connectivity index (χ1n) is 7.60. The lowest BCUT2D eigenvalue weighted by Crippen LogP contribution is -3.14. The normalized spacial score (nSPS) is 21.8. The highest BCUT2D eigenvalue weighted by Gasteiger charge is 2.26. The summed E-state index contributed by atoms with van der Waals surface area (Å²) < 4.78 is 0. The number of amides is 2. The summed E-state index contributed by atoms with van der Waals surface area (Å²) >= 11 is 0. The van der Waals surface area contributed by atoms with E-state index in [2.05, 4.69) is 12.2 Å². The first-order chi connectivity index (χ1) is 10.1. The van der Waals surface area contributed by atoms with Gasteiger partial charge in [0.05, 0.1) is 13.1 Å². The third-order valence-electron chi connectivity index (χ3n) is 4.15. The predicted molar refractivity (Wildman–Crippen MR) is 81.9 cm³/mol. The Labute approximate surface area is 125 Å². The van der Waals surface area contributed by atoms with Crippen LogP contribution in [0.5, 0.6) is 0 Å². The number of likely N-dealkylation sites (tertiary alicyclic amines) is 1. The van der Waals surface area contributed by atoms with E-state index in [1.54, 1.807) is 0 Å². The molecule has 1 aliphatic heterocycles. The van der Waals surface area contributed by atoms with E-state index in [0.717, 1.165) is 38.0 Å². The SMILES string of the molecule is CCc1ccc(NC(=O)C[NH+]2CCC(C(N)=O)CC2)cc1. The lowest BCUT2D eigenvalue weighted by Gasteiger charge is -2.27. The number of carbonyl (C=O) groups is 2. The number of benzene rings is 1. The molecule has 0 atom stereocenters. The second-order valence-electron chi connectivity index (χ2n) is 5.70. The number of rotatable bonds is 5. The summed E-state index contributed by atoms with van der Waals surface area (Å²) in [5.74, 6) is -0.209. The van der Waals surface area contributed by atoms with Gasteiger partial charge in [0.25, 0.3) is 5.91 Å². The van der Waals surface area contributed by atoms with E-state index >= 15 is 0 Å². The molecule has 0 saturated carbocycles. The number of anilines is 1. The second kappa shape index (κ2) is 7.22. The van der Waals surface area contributed by atoms with E-state index < -0.39 is 0 Å². The standard InChI is InChI=1S/C16H23N3O2/c1-2-12-3-5-14(6-4-12)18-15(20)11-19-9-7-13(8-10-19)16(17)21/h3-6,13H,2,7-11H2,1H3,(H2,17,21)(H,18,20)/p+1. The van der Waals surface area contributed by atoms with Crippen LogP contribution in [-0.2, 0) is 16.0 Å². The highest BCUT2D eigenvalue weighted by atomic mass is 16.2. The summed E-state index contributed by atoms with van der Waals surface area (Å²) in [5.41, 5.74) is 7.41. The number of hydrogen-bond donors (Lipinski definition) is 3. The molecule has 1 fully saturated rings.